The van der Waals surface area contributed by atoms with Crippen molar-refractivity contribution in [3.05, 3.63) is 71.3 Å². The monoisotopic (exact) mass is 366 g/mol. The fourth-order valence-electron chi connectivity index (χ4n) is 3.87. The van der Waals surface area contributed by atoms with E-state index in [1.54, 1.807) is 0 Å². The van der Waals surface area contributed by atoms with Crippen LogP contribution in [0.25, 0.3) is 0 Å². The number of unbranched alkanes of at least 4 members (excludes halogenated alkanes) is 1. The molecule has 0 unspecified atom stereocenters. The second kappa shape index (κ2) is 9.67. The first kappa shape index (κ1) is 19.6. The zero-order valence-corrected chi connectivity index (χ0v) is 16.1. The Morgan fingerprint density at radius 2 is 1.93 bits per heavy atom. The van der Waals surface area contributed by atoms with Gasteiger partial charge in [-0.05, 0) is 29.5 Å². The van der Waals surface area contributed by atoms with Gasteiger partial charge in [-0.15, -0.1) is 0 Å². The minimum absolute atomic E-state index is 0.0128. The number of rotatable bonds is 8. The Labute approximate surface area is 162 Å². The van der Waals surface area contributed by atoms with E-state index in [1.807, 2.05) is 29.2 Å². The van der Waals surface area contributed by atoms with Gasteiger partial charge in [0.1, 0.15) is 0 Å². The SMILES string of the molecule is CCCC[C@H](CO)NCC(=O)N1CCc2ccccc2[C@H]1c1ccccc1. The highest BCUT2D eigenvalue weighted by Gasteiger charge is 2.31. The first-order chi connectivity index (χ1) is 13.2. The maximum Gasteiger partial charge on any atom is 0.237 e. The average Bonchev–Trinajstić information content (AvgIpc) is 2.73. The third-order valence-electron chi connectivity index (χ3n) is 5.39. The maximum absolute atomic E-state index is 13.1. The van der Waals surface area contributed by atoms with Gasteiger partial charge < -0.3 is 15.3 Å². The molecule has 144 valence electrons. The molecule has 0 spiro atoms. The number of hydrogen-bond donors (Lipinski definition) is 2. The summed E-state index contributed by atoms with van der Waals surface area (Å²) in [6, 6.07) is 18.6. The highest BCUT2D eigenvalue weighted by molar-refractivity contribution is 5.79. The summed E-state index contributed by atoms with van der Waals surface area (Å²) in [6.07, 6.45) is 3.91. The van der Waals surface area contributed by atoms with Gasteiger partial charge in [-0.1, -0.05) is 74.4 Å². The lowest BCUT2D eigenvalue weighted by molar-refractivity contribution is -0.132. The van der Waals surface area contributed by atoms with Gasteiger partial charge in [-0.25, -0.2) is 0 Å². The Balaban J connectivity index is 1.78. The maximum atomic E-state index is 13.1. The topological polar surface area (TPSA) is 52.6 Å². The molecule has 1 aliphatic heterocycles. The van der Waals surface area contributed by atoms with Crippen LogP contribution in [0.2, 0.25) is 0 Å². The van der Waals surface area contributed by atoms with Crippen molar-refractivity contribution in [2.45, 2.75) is 44.7 Å². The Bertz CT molecular complexity index is 732. The minimum Gasteiger partial charge on any atom is -0.395 e. The Hall–Kier alpha value is -2.17. The number of amides is 1. The van der Waals surface area contributed by atoms with E-state index in [4.69, 9.17) is 0 Å². The lowest BCUT2D eigenvalue weighted by atomic mass is 9.88. The van der Waals surface area contributed by atoms with Crippen molar-refractivity contribution in [1.29, 1.82) is 0 Å². The summed E-state index contributed by atoms with van der Waals surface area (Å²) in [4.78, 5) is 15.1. The van der Waals surface area contributed by atoms with Crippen LogP contribution in [0.4, 0.5) is 0 Å². The Kier molecular flexibility index (Phi) is 7.02. The van der Waals surface area contributed by atoms with Crippen molar-refractivity contribution in [2.24, 2.45) is 0 Å². The fraction of sp³-hybridized carbons (Fsp3) is 0.435. The summed E-state index contributed by atoms with van der Waals surface area (Å²) in [5.41, 5.74) is 3.68. The third kappa shape index (κ3) is 4.76. The van der Waals surface area contributed by atoms with Gasteiger partial charge in [0.15, 0.2) is 0 Å². The van der Waals surface area contributed by atoms with E-state index < -0.39 is 0 Å². The smallest absolute Gasteiger partial charge is 0.237 e. The molecule has 3 rings (SSSR count). The Morgan fingerprint density at radius 3 is 2.67 bits per heavy atom. The van der Waals surface area contributed by atoms with Crippen molar-refractivity contribution in [3.63, 3.8) is 0 Å². The van der Waals surface area contributed by atoms with Gasteiger partial charge in [0.05, 0.1) is 19.2 Å². The molecule has 2 N–H and O–H groups in total. The molecule has 0 saturated carbocycles. The van der Waals surface area contributed by atoms with Crippen molar-refractivity contribution in [1.82, 2.24) is 10.2 Å². The summed E-state index contributed by atoms with van der Waals surface area (Å²) >= 11 is 0. The molecule has 2 aromatic carbocycles. The average molecular weight is 367 g/mol. The first-order valence-electron chi connectivity index (χ1n) is 10.0. The number of benzene rings is 2. The molecule has 4 nitrogen and oxygen atoms in total. The third-order valence-corrected chi connectivity index (χ3v) is 5.39. The number of carbonyl (C=O) groups is 1. The normalized spacial score (nSPS) is 17.4. The summed E-state index contributed by atoms with van der Waals surface area (Å²) in [7, 11) is 0. The number of fused-ring (bicyclic) bond motifs is 1. The molecular formula is C23H30N2O2. The second-order valence-electron chi connectivity index (χ2n) is 7.25. The zero-order chi connectivity index (χ0) is 19.1. The van der Waals surface area contributed by atoms with Gasteiger partial charge >= 0.3 is 0 Å². The number of carbonyl (C=O) groups excluding carboxylic acids is 1. The molecule has 4 heteroatoms. The highest BCUT2D eigenvalue weighted by Crippen LogP contribution is 2.34. The van der Waals surface area contributed by atoms with Gasteiger partial charge in [0.2, 0.25) is 5.91 Å². The Morgan fingerprint density at radius 1 is 1.19 bits per heavy atom. The molecule has 0 radical (unpaired) electrons. The summed E-state index contributed by atoms with van der Waals surface area (Å²) in [5, 5.41) is 12.8. The van der Waals surface area contributed by atoms with Crippen LogP contribution in [0.15, 0.2) is 54.6 Å². The molecule has 2 atom stereocenters. The van der Waals surface area contributed by atoms with Gasteiger partial charge in [-0.2, -0.15) is 0 Å². The van der Waals surface area contributed by atoms with E-state index in [0.717, 1.165) is 37.8 Å². The predicted octanol–water partition coefficient (Wildman–Crippen LogP) is 3.30. The quantitative estimate of drug-likeness (QED) is 0.754. The van der Waals surface area contributed by atoms with Gasteiger partial charge in [0.25, 0.3) is 0 Å². The molecule has 1 heterocycles. The molecule has 2 aromatic rings. The number of nitrogens with zero attached hydrogens (tertiary/aromatic N) is 1. The lowest BCUT2D eigenvalue weighted by Gasteiger charge is -2.38. The van der Waals surface area contributed by atoms with Crippen LogP contribution in [-0.2, 0) is 11.2 Å². The van der Waals surface area contributed by atoms with E-state index in [9.17, 15) is 9.90 Å². The molecule has 0 aliphatic carbocycles. The predicted molar refractivity (Wildman–Crippen MR) is 109 cm³/mol. The number of hydrogen-bond acceptors (Lipinski definition) is 3. The lowest BCUT2D eigenvalue weighted by Crippen LogP contribution is -2.47. The number of aliphatic hydroxyl groups is 1. The minimum atomic E-state index is -0.0475. The van der Waals surface area contributed by atoms with E-state index >= 15 is 0 Å². The molecule has 0 aromatic heterocycles. The van der Waals surface area contributed by atoms with Crippen LogP contribution in [0, 0.1) is 0 Å². The number of aliphatic hydroxyl groups excluding tert-OH is 1. The fourth-order valence-corrected chi connectivity index (χ4v) is 3.87. The van der Waals surface area contributed by atoms with E-state index in [1.165, 1.54) is 11.1 Å². The van der Waals surface area contributed by atoms with Crippen LogP contribution < -0.4 is 5.32 Å². The van der Waals surface area contributed by atoms with Crippen LogP contribution in [0.1, 0.15) is 48.9 Å². The van der Waals surface area contributed by atoms with Gasteiger partial charge in [0, 0.05) is 12.6 Å². The van der Waals surface area contributed by atoms with Crippen molar-refractivity contribution in [3.8, 4) is 0 Å². The molecular weight excluding hydrogens is 336 g/mol. The van der Waals surface area contributed by atoms with Crippen LogP contribution >= 0.6 is 0 Å². The summed E-state index contributed by atoms with van der Waals surface area (Å²) in [5.74, 6) is 0.0910. The second-order valence-corrected chi connectivity index (χ2v) is 7.25. The summed E-state index contributed by atoms with van der Waals surface area (Å²) in [6.45, 7) is 3.18. The molecule has 1 amide bonds. The van der Waals surface area contributed by atoms with Crippen molar-refractivity contribution < 1.29 is 9.90 Å². The van der Waals surface area contributed by atoms with Gasteiger partial charge in [-0.3, -0.25) is 4.79 Å². The largest absolute Gasteiger partial charge is 0.395 e. The molecule has 0 saturated heterocycles. The highest BCUT2D eigenvalue weighted by atomic mass is 16.3. The molecule has 1 aliphatic rings. The van der Waals surface area contributed by atoms with Crippen molar-refractivity contribution in [2.75, 3.05) is 19.7 Å². The van der Waals surface area contributed by atoms with Crippen LogP contribution in [0.5, 0.6) is 0 Å². The molecule has 27 heavy (non-hydrogen) atoms. The van der Waals surface area contributed by atoms with Crippen LogP contribution in [-0.4, -0.2) is 41.7 Å². The van der Waals surface area contributed by atoms with Crippen molar-refractivity contribution >= 4 is 5.91 Å². The summed E-state index contributed by atoms with van der Waals surface area (Å²) < 4.78 is 0. The van der Waals surface area contributed by atoms with Crippen LogP contribution in [0.3, 0.4) is 0 Å². The molecule has 0 bridgehead atoms. The standard InChI is InChI=1S/C23H30N2O2/c1-2-3-12-20(17-26)24-16-22(27)25-15-14-18-9-7-8-13-21(18)23(25)19-10-5-4-6-11-19/h4-11,13,20,23-24,26H,2-3,12,14-17H2,1H3/t20-,23-/m1/s1. The molecule has 0 fully saturated rings. The zero-order valence-electron chi connectivity index (χ0n) is 16.1. The van der Waals surface area contributed by atoms with E-state index in [2.05, 4.69) is 42.6 Å². The van der Waals surface area contributed by atoms with E-state index in [0.29, 0.717) is 0 Å². The van der Waals surface area contributed by atoms with E-state index in [-0.39, 0.29) is 31.1 Å². The first-order valence-corrected chi connectivity index (χ1v) is 10.0. The number of nitrogens with one attached hydrogen (secondary N) is 1.